The highest BCUT2D eigenvalue weighted by molar-refractivity contribution is 6.00. The molecule has 0 aliphatic carbocycles. The number of carbonyl (C=O) groups excluding carboxylic acids is 1. The number of hydrogen-bond donors (Lipinski definition) is 2. The molecule has 3 aromatic rings. The first-order chi connectivity index (χ1) is 14.7. The second-order valence-electron chi connectivity index (χ2n) is 7.37. The molecule has 1 aliphatic heterocycles. The fraction of sp³-hybridized carbons (Fsp3) is 0.348. The van der Waals surface area contributed by atoms with Crippen LogP contribution in [0.5, 0.6) is 11.5 Å². The van der Waals surface area contributed by atoms with Gasteiger partial charge in [0.1, 0.15) is 17.2 Å². The van der Waals surface area contributed by atoms with Gasteiger partial charge in [-0.1, -0.05) is 24.3 Å². The Bertz CT molecular complexity index is 1020. The summed E-state index contributed by atoms with van der Waals surface area (Å²) < 4.78 is 16.1. The number of nitrogens with zero attached hydrogens (tertiary/aromatic N) is 1. The van der Waals surface area contributed by atoms with Crippen LogP contribution in [0, 0.1) is 0 Å². The first kappa shape index (κ1) is 20.3. The lowest BCUT2D eigenvalue weighted by molar-refractivity contribution is 0.0342. The van der Waals surface area contributed by atoms with E-state index in [9.17, 15) is 4.79 Å². The summed E-state index contributed by atoms with van der Waals surface area (Å²) in [4.78, 5) is 18.2. The van der Waals surface area contributed by atoms with Gasteiger partial charge in [0.05, 0.1) is 33.0 Å². The average molecular weight is 409 g/mol. The molecular formula is C23H27N3O4. The molecule has 0 atom stereocenters. The standard InChI is InChI=1S/C23H27N3O4/c1-28-18-11-20-19(22(12-18)29-2)13-21(25-20)23(27)24-14-16-4-3-5-17(10-16)15-26-6-8-30-9-7-26/h3-5,10-13,25H,6-9,14-15H2,1-2H3,(H,24,27). The van der Waals surface area contributed by atoms with Gasteiger partial charge in [-0.05, 0) is 17.2 Å². The number of amides is 1. The highest BCUT2D eigenvalue weighted by Crippen LogP contribution is 2.31. The topological polar surface area (TPSA) is 75.8 Å². The fourth-order valence-electron chi connectivity index (χ4n) is 3.72. The predicted molar refractivity (Wildman–Crippen MR) is 115 cm³/mol. The Morgan fingerprint density at radius 2 is 1.90 bits per heavy atom. The van der Waals surface area contributed by atoms with Gasteiger partial charge in [-0.15, -0.1) is 0 Å². The van der Waals surface area contributed by atoms with Crippen molar-refractivity contribution in [3.05, 3.63) is 59.3 Å². The Morgan fingerprint density at radius 3 is 2.67 bits per heavy atom. The number of ether oxygens (including phenoxy) is 3. The summed E-state index contributed by atoms with van der Waals surface area (Å²) in [6.45, 7) is 4.85. The number of morpholine rings is 1. The molecule has 1 fully saturated rings. The summed E-state index contributed by atoms with van der Waals surface area (Å²) in [5.41, 5.74) is 3.60. The third-order valence-corrected chi connectivity index (χ3v) is 5.33. The summed E-state index contributed by atoms with van der Waals surface area (Å²) >= 11 is 0. The Labute approximate surface area is 175 Å². The molecule has 30 heavy (non-hydrogen) atoms. The minimum Gasteiger partial charge on any atom is -0.497 e. The molecule has 2 N–H and O–H groups in total. The summed E-state index contributed by atoms with van der Waals surface area (Å²) in [6.07, 6.45) is 0. The van der Waals surface area contributed by atoms with Crippen molar-refractivity contribution in [3.8, 4) is 11.5 Å². The van der Waals surface area contributed by atoms with Crippen molar-refractivity contribution in [2.45, 2.75) is 13.1 Å². The van der Waals surface area contributed by atoms with Crippen molar-refractivity contribution in [2.75, 3.05) is 40.5 Å². The molecule has 1 aromatic heterocycles. The van der Waals surface area contributed by atoms with Crippen LogP contribution in [0.4, 0.5) is 0 Å². The van der Waals surface area contributed by atoms with E-state index in [0.717, 1.165) is 49.3 Å². The Morgan fingerprint density at radius 1 is 1.10 bits per heavy atom. The molecule has 0 radical (unpaired) electrons. The van der Waals surface area contributed by atoms with E-state index in [0.29, 0.717) is 23.7 Å². The van der Waals surface area contributed by atoms with Crippen molar-refractivity contribution in [1.82, 2.24) is 15.2 Å². The molecule has 158 valence electrons. The monoisotopic (exact) mass is 409 g/mol. The van der Waals surface area contributed by atoms with E-state index in [1.807, 2.05) is 18.2 Å². The van der Waals surface area contributed by atoms with Crippen LogP contribution in [-0.4, -0.2) is 56.3 Å². The number of hydrogen-bond acceptors (Lipinski definition) is 5. The van der Waals surface area contributed by atoms with Crippen molar-refractivity contribution in [2.24, 2.45) is 0 Å². The summed E-state index contributed by atoms with van der Waals surface area (Å²) in [7, 11) is 3.20. The number of methoxy groups -OCH3 is 2. The molecule has 0 bridgehead atoms. The molecule has 2 heterocycles. The first-order valence-electron chi connectivity index (χ1n) is 10.1. The van der Waals surface area contributed by atoms with E-state index in [2.05, 4.69) is 27.3 Å². The van der Waals surface area contributed by atoms with E-state index in [-0.39, 0.29) is 5.91 Å². The maximum absolute atomic E-state index is 12.7. The molecule has 1 amide bonds. The van der Waals surface area contributed by atoms with Crippen LogP contribution in [0.2, 0.25) is 0 Å². The molecule has 4 rings (SSSR count). The van der Waals surface area contributed by atoms with Crippen LogP contribution in [0.3, 0.4) is 0 Å². The average Bonchev–Trinajstić information content (AvgIpc) is 3.22. The third-order valence-electron chi connectivity index (χ3n) is 5.33. The minimum absolute atomic E-state index is 0.161. The van der Waals surface area contributed by atoms with Gasteiger partial charge in [0.2, 0.25) is 0 Å². The van der Waals surface area contributed by atoms with Crippen LogP contribution >= 0.6 is 0 Å². The van der Waals surface area contributed by atoms with Gasteiger partial charge >= 0.3 is 0 Å². The highest BCUT2D eigenvalue weighted by atomic mass is 16.5. The van der Waals surface area contributed by atoms with Crippen LogP contribution in [-0.2, 0) is 17.8 Å². The van der Waals surface area contributed by atoms with Crippen molar-refractivity contribution >= 4 is 16.8 Å². The largest absolute Gasteiger partial charge is 0.497 e. The molecule has 7 heteroatoms. The quantitative estimate of drug-likeness (QED) is 0.628. The zero-order valence-corrected chi connectivity index (χ0v) is 17.4. The Hall–Kier alpha value is -3.03. The van der Waals surface area contributed by atoms with Gasteiger partial charge in [0, 0.05) is 43.7 Å². The molecule has 1 aliphatic rings. The van der Waals surface area contributed by atoms with E-state index in [1.54, 1.807) is 26.4 Å². The van der Waals surface area contributed by atoms with E-state index >= 15 is 0 Å². The maximum atomic E-state index is 12.7. The lowest BCUT2D eigenvalue weighted by atomic mass is 10.1. The van der Waals surface area contributed by atoms with Crippen molar-refractivity contribution in [3.63, 3.8) is 0 Å². The molecule has 2 aromatic carbocycles. The number of aromatic amines is 1. The van der Waals surface area contributed by atoms with Crippen molar-refractivity contribution in [1.29, 1.82) is 0 Å². The van der Waals surface area contributed by atoms with Crippen LogP contribution < -0.4 is 14.8 Å². The van der Waals surface area contributed by atoms with Gasteiger partial charge in [-0.25, -0.2) is 0 Å². The van der Waals surface area contributed by atoms with E-state index < -0.39 is 0 Å². The summed E-state index contributed by atoms with van der Waals surface area (Å²) in [6, 6.07) is 13.8. The molecule has 1 saturated heterocycles. The lowest BCUT2D eigenvalue weighted by Gasteiger charge is -2.26. The van der Waals surface area contributed by atoms with Crippen LogP contribution in [0.25, 0.3) is 10.9 Å². The summed E-state index contributed by atoms with van der Waals surface area (Å²) in [5, 5.41) is 3.84. The van der Waals surface area contributed by atoms with Gasteiger partial charge in [0.15, 0.2) is 0 Å². The van der Waals surface area contributed by atoms with Crippen LogP contribution in [0.15, 0.2) is 42.5 Å². The van der Waals surface area contributed by atoms with Gasteiger partial charge < -0.3 is 24.5 Å². The second kappa shape index (κ2) is 9.19. The molecular weight excluding hydrogens is 382 g/mol. The smallest absolute Gasteiger partial charge is 0.267 e. The minimum atomic E-state index is -0.161. The van der Waals surface area contributed by atoms with Gasteiger partial charge in [0.25, 0.3) is 5.91 Å². The summed E-state index contributed by atoms with van der Waals surface area (Å²) in [5.74, 6) is 1.17. The van der Waals surface area contributed by atoms with Gasteiger partial charge in [-0.2, -0.15) is 0 Å². The number of nitrogens with one attached hydrogen (secondary N) is 2. The zero-order chi connectivity index (χ0) is 20.9. The maximum Gasteiger partial charge on any atom is 0.267 e. The number of aromatic nitrogens is 1. The number of fused-ring (bicyclic) bond motifs is 1. The molecule has 0 unspecified atom stereocenters. The van der Waals surface area contributed by atoms with Crippen molar-refractivity contribution < 1.29 is 19.0 Å². The fourth-order valence-corrected chi connectivity index (χ4v) is 3.72. The Balaban J connectivity index is 1.42. The first-order valence-corrected chi connectivity index (χ1v) is 10.1. The Kier molecular flexibility index (Phi) is 6.21. The highest BCUT2D eigenvalue weighted by Gasteiger charge is 2.14. The predicted octanol–water partition coefficient (Wildman–Crippen LogP) is 2.95. The van der Waals surface area contributed by atoms with E-state index in [4.69, 9.17) is 14.2 Å². The number of rotatable bonds is 7. The normalized spacial score (nSPS) is 14.6. The third kappa shape index (κ3) is 4.58. The molecule has 0 spiro atoms. The van der Waals surface area contributed by atoms with Gasteiger partial charge in [-0.3, -0.25) is 9.69 Å². The zero-order valence-electron chi connectivity index (χ0n) is 17.4. The van der Waals surface area contributed by atoms with Crippen LogP contribution in [0.1, 0.15) is 21.6 Å². The number of carbonyl (C=O) groups is 1. The molecule has 0 saturated carbocycles. The number of benzene rings is 2. The lowest BCUT2D eigenvalue weighted by Crippen LogP contribution is -2.35. The molecule has 7 nitrogen and oxygen atoms in total. The number of H-pyrrole nitrogens is 1. The van der Waals surface area contributed by atoms with E-state index in [1.165, 1.54) is 5.56 Å². The SMILES string of the molecule is COc1cc(OC)c2cc(C(=O)NCc3cccc(CN4CCOCC4)c3)[nH]c2c1. The second-order valence-corrected chi connectivity index (χ2v) is 7.37.